The van der Waals surface area contributed by atoms with E-state index in [1.165, 1.54) is 0 Å². The fraction of sp³-hybridized carbons (Fsp3) is 0. The Morgan fingerprint density at radius 1 is 1.71 bits per heavy atom. The minimum Gasteiger partial charge on any atom is -0.280 e. The topological polar surface area (TPSA) is 84.2 Å². The smallest absolute Gasteiger partial charge is 0.280 e. The van der Waals surface area contributed by atoms with Crippen molar-refractivity contribution in [3.63, 3.8) is 0 Å². The first kappa shape index (κ1) is 5.90. The molecular formula is C2H5N3O2. The minimum atomic E-state index is -0.713. The molecule has 0 unspecified atom stereocenters. The lowest BCUT2D eigenvalue weighted by atomic mass is 11.0. The number of carbonyl (C=O) groups excluding carboxylic acids is 2. The van der Waals surface area contributed by atoms with E-state index in [4.69, 9.17) is 0 Å². The summed E-state index contributed by atoms with van der Waals surface area (Å²) in [6, 6.07) is -0.713. The van der Waals surface area contributed by atoms with Crippen LogP contribution in [0, 0.1) is 0 Å². The predicted octanol–water partition coefficient (Wildman–Crippen LogP) is -1.68. The quantitative estimate of drug-likeness (QED) is 0.160. The van der Waals surface area contributed by atoms with Crippen molar-refractivity contribution >= 4 is 12.4 Å². The molecule has 0 saturated heterocycles. The zero-order valence-corrected chi connectivity index (χ0v) is 3.47. The van der Waals surface area contributed by atoms with E-state index < -0.39 is 6.03 Å². The van der Waals surface area contributed by atoms with Crippen molar-refractivity contribution in [2.75, 3.05) is 0 Å². The van der Waals surface area contributed by atoms with Crippen molar-refractivity contribution in [3.8, 4) is 0 Å². The molecule has 40 valence electrons. The molecule has 0 fully saturated rings. The Hall–Kier alpha value is -1.10. The van der Waals surface area contributed by atoms with Gasteiger partial charge >= 0.3 is 6.03 Å². The molecule has 4 N–H and O–H groups in total. The molecule has 0 aromatic heterocycles. The minimum absolute atomic E-state index is 0.238. The van der Waals surface area contributed by atoms with Crippen LogP contribution in [0.4, 0.5) is 4.79 Å². The summed E-state index contributed by atoms with van der Waals surface area (Å²) < 4.78 is 0. The largest absolute Gasteiger partial charge is 0.335 e. The molecule has 7 heavy (non-hydrogen) atoms. The van der Waals surface area contributed by atoms with Gasteiger partial charge in [0.15, 0.2) is 0 Å². The van der Waals surface area contributed by atoms with Gasteiger partial charge in [-0.1, -0.05) is 0 Å². The highest BCUT2D eigenvalue weighted by molar-refractivity contribution is 5.83. The van der Waals surface area contributed by atoms with Gasteiger partial charge in [0.05, 0.1) is 0 Å². The van der Waals surface area contributed by atoms with E-state index in [0.29, 0.717) is 0 Å². The van der Waals surface area contributed by atoms with Crippen LogP contribution in [-0.4, -0.2) is 12.4 Å². The second-order valence-electron chi connectivity index (χ2n) is 0.736. The van der Waals surface area contributed by atoms with E-state index in [2.05, 4.69) is 5.84 Å². The van der Waals surface area contributed by atoms with Crippen LogP contribution in [0.3, 0.4) is 0 Å². The standard InChI is InChI=1S/C2H5N3O2/c3-5-2(7)4-1-6/h1H,3H2,(H2,4,5,6,7). The molecule has 5 heteroatoms. The Morgan fingerprint density at radius 3 is 2.43 bits per heavy atom. The van der Waals surface area contributed by atoms with Crippen LogP contribution >= 0.6 is 0 Å². The van der Waals surface area contributed by atoms with Crippen molar-refractivity contribution in [3.05, 3.63) is 0 Å². The van der Waals surface area contributed by atoms with Crippen LogP contribution in [0.2, 0.25) is 0 Å². The third-order valence-corrected chi connectivity index (χ3v) is 0.321. The van der Waals surface area contributed by atoms with E-state index >= 15 is 0 Å². The van der Waals surface area contributed by atoms with Crippen LogP contribution in [0.25, 0.3) is 0 Å². The number of rotatable bonds is 1. The average molecular weight is 103 g/mol. The predicted molar refractivity (Wildman–Crippen MR) is 21.9 cm³/mol. The number of amides is 3. The summed E-state index contributed by atoms with van der Waals surface area (Å²) in [5, 5.41) is 1.74. The average Bonchev–Trinajstić information content (AvgIpc) is 1.68. The zero-order chi connectivity index (χ0) is 5.70. The van der Waals surface area contributed by atoms with E-state index in [-0.39, 0.29) is 6.41 Å². The first-order valence-electron chi connectivity index (χ1n) is 1.52. The fourth-order valence-electron chi connectivity index (χ4n) is 0.0952. The van der Waals surface area contributed by atoms with E-state index in [9.17, 15) is 9.59 Å². The van der Waals surface area contributed by atoms with Crippen molar-refractivity contribution in [1.29, 1.82) is 0 Å². The molecule has 0 aliphatic heterocycles. The van der Waals surface area contributed by atoms with Gasteiger partial charge in [0.2, 0.25) is 6.41 Å². The Morgan fingerprint density at radius 2 is 2.29 bits per heavy atom. The van der Waals surface area contributed by atoms with E-state index in [0.717, 1.165) is 0 Å². The molecule has 0 rings (SSSR count). The third-order valence-electron chi connectivity index (χ3n) is 0.321. The van der Waals surface area contributed by atoms with Crippen LogP contribution in [-0.2, 0) is 4.79 Å². The number of hydrogen-bond donors (Lipinski definition) is 3. The molecule has 0 bridgehead atoms. The second-order valence-corrected chi connectivity index (χ2v) is 0.736. The van der Waals surface area contributed by atoms with Crippen LogP contribution in [0.5, 0.6) is 0 Å². The number of nitrogens with one attached hydrogen (secondary N) is 2. The molecule has 0 heterocycles. The summed E-state index contributed by atoms with van der Waals surface area (Å²) in [6.45, 7) is 0. The van der Waals surface area contributed by atoms with Crippen LogP contribution in [0.1, 0.15) is 0 Å². The Kier molecular flexibility index (Phi) is 2.62. The molecule has 0 aliphatic rings. The van der Waals surface area contributed by atoms with Gasteiger partial charge in [-0.2, -0.15) is 0 Å². The molecule has 0 saturated carbocycles. The maximum atomic E-state index is 9.83. The first-order chi connectivity index (χ1) is 3.31. The van der Waals surface area contributed by atoms with Crippen LogP contribution < -0.4 is 16.6 Å². The summed E-state index contributed by atoms with van der Waals surface area (Å²) in [5.74, 6) is 4.54. The van der Waals surface area contributed by atoms with Gasteiger partial charge in [0.25, 0.3) is 0 Å². The molecule has 3 amide bonds. The number of urea groups is 1. The number of hydrogen-bond acceptors (Lipinski definition) is 3. The SMILES string of the molecule is NNC(=O)NC=O. The lowest BCUT2D eigenvalue weighted by Crippen LogP contribution is -2.38. The fourth-order valence-corrected chi connectivity index (χ4v) is 0.0952. The van der Waals surface area contributed by atoms with Gasteiger partial charge in [-0.15, -0.1) is 0 Å². The van der Waals surface area contributed by atoms with Gasteiger partial charge in [-0.25, -0.2) is 10.6 Å². The van der Waals surface area contributed by atoms with Gasteiger partial charge in [-0.05, 0) is 0 Å². The number of nitrogens with two attached hydrogens (primary N) is 1. The van der Waals surface area contributed by atoms with E-state index in [1.807, 2.05) is 0 Å². The van der Waals surface area contributed by atoms with Gasteiger partial charge in [0.1, 0.15) is 0 Å². The summed E-state index contributed by atoms with van der Waals surface area (Å²) in [5.41, 5.74) is 1.68. The highest BCUT2D eigenvalue weighted by Crippen LogP contribution is 1.47. The van der Waals surface area contributed by atoms with E-state index in [1.54, 1.807) is 10.7 Å². The second kappa shape index (κ2) is 3.10. The number of imide groups is 1. The third kappa shape index (κ3) is 2.71. The lowest BCUT2D eigenvalue weighted by Gasteiger charge is -1.90. The molecule has 0 atom stereocenters. The molecule has 0 spiro atoms. The Labute approximate surface area is 39.8 Å². The first-order valence-corrected chi connectivity index (χ1v) is 1.52. The summed E-state index contributed by atoms with van der Waals surface area (Å²) >= 11 is 0. The number of hydrazine groups is 1. The molecule has 0 aliphatic carbocycles. The van der Waals surface area contributed by atoms with Gasteiger partial charge < -0.3 is 0 Å². The molecule has 0 aromatic rings. The normalized spacial score (nSPS) is 7.00. The summed E-state index contributed by atoms with van der Waals surface area (Å²) in [7, 11) is 0. The van der Waals surface area contributed by atoms with Crippen LogP contribution in [0.15, 0.2) is 0 Å². The maximum absolute atomic E-state index is 9.83. The van der Waals surface area contributed by atoms with Crippen molar-refractivity contribution < 1.29 is 9.59 Å². The number of carbonyl (C=O) groups is 2. The highest BCUT2D eigenvalue weighted by Gasteiger charge is 1.87. The highest BCUT2D eigenvalue weighted by atomic mass is 16.2. The zero-order valence-electron chi connectivity index (χ0n) is 3.47. The maximum Gasteiger partial charge on any atom is 0.335 e. The summed E-state index contributed by atoms with van der Waals surface area (Å²) in [4.78, 5) is 19.2. The monoisotopic (exact) mass is 103 g/mol. The molecule has 0 aromatic carbocycles. The van der Waals surface area contributed by atoms with Gasteiger partial charge in [0, 0.05) is 0 Å². The Bertz CT molecular complexity index is 81.0. The lowest BCUT2D eigenvalue weighted by molar-refractivity contribution is -0.108. The van der Waals surface area contributed by atoms with Crippen molar-refractivity contribution in [2.45, 2.75) is 0 Å². The van der Waals surface area contributed by atoms with Crippen molar-refractivity contribution in [2.24, 2.45) is 5.84 Å². The molecule has 0 radical (unpaired) electrons. The van der Waals surface area contributed by atoms with Gasteiger partial charge in [-0.3, -0.25) is 15.5 Å². The molecule has 5 nitrogen and oxygen atoms in total. The molecular weight excluding hydrogens is 98.0 g/mol. The summed E-state index contributed by atoms with van der Waals surface area (Å²) in [6.07, 6.45) is 0.238. The van der Waals surface area contributed by atoms with Crippen molar-refractivity contribution in [1.82, 2.24) is 10.7 Å². The Balaban J connectivity index is 3.17.